The number of thiol groups is 1. The van der Waals surface area contributed by atoms with E-state index in [2.05, 4.69) is 35.5 Å². The van der Waals surface area contributed by atoms with Crippen LogP contribution in [0.2, 0.25) is 0 Å². The molecule has 1 rings (SSSR count). The van der Waals surface area contributed by atoms with Gasteiger partial charge in [0.25, 0.3) is 0 Å². The third-order valence-corrected chi connectivity index (χ3v) is 3.56. The van der Waals surface area contributed by atoms with Crippen LogP contribution in [0, 0.1) is 16.0 Å². The third kappa shape index (κ3) is 4.49. The Hall–Kier alpha value is -0.750. The van der Waals surface area contributed by atoms with Crippen LogP contribution in [-0.4, -0.2) is 17.3 Å². The molecular formula is C12H16BrNO3S. The van der Waals surface area contributed by atoms with E-state index in [0.29, 0.717) is 22.7 Å². The fourth-order valence-corrected chi connectivity index (χ4v) is 2.24. The van der Waals surface area contributed by atoms with Crippen molar-refractivity contribution < 1.29 is 9.66 Å². The topological polar surface area (TPSA) is 52.4 Å². The van der Waals surface area contributed by atoms with Crippen LogP contribution in [0.25, 0.3) is 0 Å². The lowest BCUT2D eigenvalue weighted by atomic mass is 10.1. The van der Waals surface area contributed by atoms with Crippen LogP contribution < -0.4 is 4.74 Å². The number of nitro groups is 1. The molecule has 0 heterocycles. The summed E-state index contributed by atoms with van der Waals surface area (Å²) >= 11 is 7.47. The molecule has 4 nitrogen and oxygen atoms in total. The summed E-state index contributed by atoms with van der Waals surface area (Å²) in [4.78, 5) is 10.5. The van der Waals surface area contributed by atoms with Crippen LogP contribution in [0.3, 0.4) is 0 Å². The molecule has 1 unspecified atom stereocenters. The van der Waals surface area contributed by atoms with Gasteiger partial charge in [-0.25, -0.2) is 0 Å². The maximum Gasteiger partial charge on any atom is 0.312 e. The minimum atomic E-state index is -0.435. The minimum Gasteiger partial charge on any atom is -0.486 e. The minimum absolute atomic E-state index is 0.0150. The summed E-state index contributed by atoms with van der Waals surface area (Å²) in [5.41, 5.74) is -0.0150. The maximum atomic E-state index is 10.9. The van der Waals surface area contributed by atoms with Crippen molar-refractivity contribution in [1.29, 1.82) is 0 Å². The van der Waals surface area contributed by atoms with E-state index in [4.69, 9.17) is 4.74 Å². The molecular weight excluding hydrogens is 318 g/mol. The maximum absolute atomic E-state index is 10.9. The molecule has 18 heavy (non-hydrogen) atoms. The second-order valence-electron chi connectivity index (χ2n) is 4.02. The smallest absolute Gasteiger partial charge is 0.312 e. The first-order valence-corrected chi connectivity index (χ1v) is 7.18. The summed E-state index contributed by atoms with van der Waals surface area (Å²) in [6.07, 6.45) is 2.06. The van der Waals surface area contributed by atoms with Crippen LogP contribution in [0.5, 0.6) is 5.75 Å². The van der Waals surface area contributed by atoms with Gasteiger partial charge in [-0.1, -0.05) is 29.3 Å². The number of hydrogen-bond donors (Lipinski definition) is 1. The first kappa shape index (κ1) is 15.3. The van der Waals surface area contributed by atoms with E-state index in [1.807, 2.05) is 0 Å². The Balaban J connectivity index is 2.74. The number of benzene rings is 1. The lowest BCUT2D eigenvalue weighted by Crippen LogP contribution is -2.14. The summed E-state index contributed by atoms with van der Waals surface area (Å²) in [7, 11) is 0. The van der Waals surface area contributed by atoms with Crippen LogP contribution in [0.1, 0.15) is 19.8 Å². The number of ether oxygens (including phenoxy) is 1. The van der Waals surface area contributed by atoms with Gasteiger partial charge in [0.05, 0.1) is 11.5 Å². The molecule has 0 aliphatic rings. The molecule has 1 aromatic rings. The Morgan fingerprint density at radius 2 is 2.28 bits per heavy atom. The van der Waals surface area contributed by atoms with Gasteiger partial charge in [0.2, 0.25) is 0 Å². The molecule has 0 aromatic heterocycles. The van der Waals surface area contributed by atoms with Gasteiger partial charge in [-0.2, -0.15) is 12.6 Å². The van der Waals surface area contributed by atoms with Crippen molar-refractivity contribution >= 4 is 34.2 Å². The average Bonchev–Trinajstić information content (AvgIpc) is 2.35. The lowest BCUT2D eigenvalue weighted by molar-refractivity contribution is -0.386. The van der Waals surface area contributed by atoms with Crippen molar-refractivity contribution in [1.82, 2.24) is 0 Å². The number of nitro benzene ring substituents is 1. The molecule has 100 valence electrons. The van der Waals surface area contributed by atoms with E-state index in [-0.39, 0.29) is 5.69 Å². The van der Waals surface area contributed by atoms with Crippen molar-refractivity contribution in [3.8, 4) is 5.75 Å². The van der Waals surface area contributed by atoms with E-state index in [1.54, 1.807) is 12.1 Å². The first-order chi connectivity index (χ1) is 8.58. The molecule has 0 amide bonds. The predicted molar refractivity (Wildman–Crippen MR) is 78.5 cm³/mol. The summed E-state index contributed by atoms with van der Waals surface area (Å²) in [6, 6.07) is 4.80. The Kier molecular flexibility index (Phi) is 6.49. The molecule has 1 aromatic carbocycles. The Morgan fingerprint density at radius 1 is 1.56 bits per heavy atom. The van der Waals surface area contributed by atoms with Crippen molar-refractivity contribution in [3.05, 3.63) is 32.8 Å². The van der Waals surface area contributed by atoms with E-state index in [9.17, 15) is 10.1 Å². The van der Waals surface area contributed by atoms with Gasteiger partial charge in [0.15, 0.2) is 5.75 Å². The van der Waals surface area contributed by atoms with Gasteiger partial charge in [-0.3, -0.25) is 10.1 Å². The highest BCUT2D eigenvalue weighted by atomic mass is 79.9. The van der Waals surface area contributed by atoms with Crippen LogP contribution >= 0.6 is 28.6 Å². The number of halogens is 1. The summed E-state index contributed by atoms with van der Waals surface area (Å²) < 4.78 is 6.22. The highest BCUT2D eigenvalue weighted by Crippen LogP contribution is 2.30. The lowest BCUT2D eigenvalue weighted by Gasteiger charge is -2.14. The fraction of sp³-hybridized carbons (Fsp3) is 0.500. The largest absolute Gasteiger partial charge is 0.486 e. The molecule has 0 saturated heterocycles. The molecule has 0 aliphatic heterocycles. The Morgan fingerprint density at radius 3 is 2.83 bits per heavy atom. The zero-order chi connectivity index (χ0) is 13.5. The van der Waals surface area contributed by atoms with E-state index < -0.39 is 4.92 Å². The Bertz CT molecular complexity index is 414. The van der Waals surface area contributed by atoms with Crippen LogP contribution in [-0.2, 0) is 0 Å². The number of nitrogens with zero attached hydrogens (tertiary/aromatic N) is 1. The quantitative estimate of drug-likeness (QED) is 0.464. The molecule has 0 N–H and O–H groups in total. The zero-order valence-electron chi connectivity index (χ0n) is 10.1. The predicted octanol–water partition coefficient (Wildman–Crippen LogP) is 4.08. The number of rotatable bonds is 7. The second-order valence-corrected chi connectivity index (χ2v) is 5.30. The average molecular weight is 334 g/mol. The second kappa shape index (κ2) is 7.63. The molecule has 0 bridgehead atoms. The monoisotopic (exact) mass is 333 g/mol. The van der Waals surface area contributed by atoms with E-state index >= 15 is 0 Å². The van der Waals surface area contributed by atoms with Crippen LogP contribution in [0.4, 0.5) is 5.69 Å². The van der Waals surface area contributed by atoms with Crippen molar-refractivity contribution in [2.75, 3.05) is 12.4 Å². The van der Waals surface area contributed by atoms with Crippen LogP contribution in [0.15, 0.2) is 22.7 Å². The molecule has 0 fully saturated rings. The molecule has 0 aliphatic carbocycles. The van der Waals surface area contributed by atoms with Crippen molar-refractivity contribution in [2.45, 2.75) is 19.8 Å². The van der Waals surface area contributed by atoms with Gasteiger partial charge < -0.3 is 4.74 Å². The summed E-state index contributed by atoms with van der Waals surface area (Å²) in [5.74, 6) is 1.35. The molecule has 1 atom stereocenters. The van der Waals surface area contributed by atoms with E-state index in [1.165, 1.54) is 6.07 Å². The van der Waals surface area contributed by atoms with Crippen molar-refractivity contribution in [2.24, 2.45) is 5.92 Å². The fourth-order valence-electron chi connectivity index (χ4n) is 1.60. The molecule has 0 spiro atoms. The van der Waals surface area contributed by atoms with E-state index in [0.717, 1.165) is 18.6 Å². The highest BCUT2D eigenvalue weighted by Gasteiger charge is 2.17. The summed E-state index contributed by atoms with van der Waals surface area (Å²) in [5, 5.41) is 10.9. The first-order valence-electron chi connectivity index (χ1n) is 5.76. The standard InChI is InChI=1S/C12H16BrNO3S/c1-2-3-9(8-18)7-17-12-5-4-10(13)6-11(12)14(15)16/h4-6,9,18H,2-3,7-8H2,1H3. The zero-order valence-corrected chi connectivity index (χ0v) is 12.6. The van der Waals surface area contributed by atoms with Gasteiger partial charge in [0, 0.05) is 16.5 Å². The molecule has 0 radical (unpaired) electrons. The van der Waals surface area contributed by atoms with Gasteiger partial charge in [-0.05, 0) is 24.3 Å². The highest BCUT2D eigenvalue weighted by molar-refractivity contribution is 9.10. The van der Waals surface area contributed by atoms with Crippen molar-refractivity contribution in [3.63, 3.8) is 0 Å². The normalized spacial score (nSPS) is 12.2. The van der Waals surface area contributed by atoms with Gasteiger partial charge >= 0.3 is 5.69 Å². The number of hydrogen-bond acceptors (Lipinski definition) is 4. The molecule has 0 saturated carbocycles. The summed E-state index contributed by atoms with van der Waals surface area (Å²) in [6.45, 7) is 2.55. The Labute approximate surface area is 120 Å². The van der Waals surface area contributed by atoms with Gasteiger partial charge in [0.1, 0.15) is 0 Å². The van der Waals surface area contributed by atoms with Gasteiger partial charge in [-0.15, -0.1) is 0 Å². The molecule has 6 heteroatoms. The SMILES string of the molecule is CCCC(CS)COc1ccc(Br)cc1[N+](=O)[O-]. The third-order valence-electron chi connectivity index (χ3n) is 2.55.